The van der Waals surface area contributed by atoms with Gasteiger partial charge in [-0.05, 0) is 168 Å². The Balaban J connectivity index is 1.06. The molecule has 0 aliphatic rings. The Morgan fingerprint density at radius 2 is 0.820 bits per heavy atom. The van der Waals surface area contributed by atoms with Crippen LogP contribution in [-0.4, -0.2) is 0 Å². The minimum absolute atomic E-state index is 0.170. The van der Waals surface area contributed by atoms with Crippen LogP contribution in [0, 0.1) is 27.7 Å². The molecule has 61 heavy (non-hydrogen) atoms. The summed E-state index contributed by atoms with van der Waals surface area (Å²) in [6, 6.07) is 59.5. The van der Waals surface area contributed by atoms with Crippen LogP contribution in [0.4, 0.5) is 34.1 Å². The van der Waals surface area contributed by atoms with Gasteiger partial charge in [-0.25, -0.2) is 0 Å². The summed E-state index contributed by atoms with van der Waals surface area (Å²) in [5.74, 6) is 0.170. The van der Waals surface area contributed by atoms with Gasteiger partial charge in [-0.2, -0.15) is 0 Å². The van der Waals surface area contributed by atoms with Gasteiger partial charge >= 0.3 is 0 Å². The monoisotopic (exact) mass is 790 g/mol. The fourth-order valence-corrected chi connectivity index (χ4v) is 9.45. The van der Waals surface area contributed by atoms with E-state index in [2.05, 4.69) is 215 Å². The molecular weight excluding hydrogens is 745 g/mol. The highest BCUT2D eigenvalue weighted by molar-refractivity contribution is 6.20. The number of anilines is 6. The first-order valence-corrected chi connectivity index (χ1v) is 21.3. The van der Waals surface area contributed by atoms with Crippen molar-refractivity contribution >= 4 is 99.5 Å². The lowest BCUT2D eigenvalue weighted by molar-refractivity contribution is 0.638. The van der Waals surface area contributed by atoms with Gasteiger partial charge in [-0.1, -0.05) is 86.6 Å². The normalized spacial score (nSPS) is 11.9. The van der Waals surface area contributed by atoms with Gasteiger partial charge in [0, 0.05) is 61.2 Å². The Morgan fingerprint density at radius 3 is 1.25 bits per heavy atom. The first kappa shape index (κ1) is 36.8. The van der Waals surface area contributed by atoms with E-state index in [4.69, 9.17) is 8.83 Å². The van der Waals surface area contributed by atoms with Crippen molar-refractivity contribution in [1.29, 1.82) is 0 Å². The van der Waals surface area contributed by atoms with Crippen LogP contribution in [0.15, 0.2) is 173 Å². The predicted molar refractivity (Wildman–Crippen MR) is 258 cm³/mol. The average Bonchev–Trinajstić information content (AvgIpc) is 3.78. The maximum atomic E-state index is 6.90. The number of hydrogen-bond donors (Lipinski definition) is 0. The molecule has 0 radical (unpaired) electrons. The van der Waals surface area contributed by atoms with Gasteiger partial charge in [-0.15, -0.1) is 0 Å². The van der Waals surface area contributed by atoms with E-state index in [0.29, 0.717) is 0 Å². The third-order valence-electron chi connectivity index (χ3n) is 12.4. The van der Waals surface area contributed by atoms with Crippen molar-refractivity contribution in [2.45, 2.75) is 47.5 Å². The molecule has 4 nitrogen and oxygen atoms in total. The molecule has 0 saturated carbocycles. The van der Waals surface area contributed by atoms with Gasteiger partial charge < -0.3 is 18.6 Å². The van der Waals surface area contributed by atoms with Crippen molar-refractivity contribution in [2.24, 2.45) is 0 Å². The predicted octanol–water partition coefficient (Wildman–Crippen LogP) is 17.1. The van der Waals surface area contributed by atoms with Gasteiger partial charge in [0.15, 0.2) is 0 Å². The van der Waals surface area contributed by atoms with E-state index in [9.17, 15) is 0 Å². The summed E-state index contributed by atoms with van der Waals surface area (Å²) in [6.07, 6.45) is 0. The summed E-state index contributed by atoms with van der Waals surface area (Å²) in [7, 11) is 0. The number of benzene rings is 9. The molecule has 0 aliphatic carbocycles. The maximum absolute atomic E-state index is 6.90. The molecule has 296 valence electrons. The molecule has 0 unspecified atom stereocenters. The Morgan fingerprint density at radius 1 is 0.377 bits per heavy atom. The summed E-state index contributed by atoms with van der Waals surface area (Å²) in [6.45, 7) is 13.1. The Kier molecular flexibility index (Phi) is 8.54. The zero-order valence-electron chi connectivity index (χ0n) is 35.4. The highest BCUT2D eigenvalue weighted by atomic mass is 16.3. The van der Waals surface area contributed by atoms with E-state index in [0.717, 1.165) is 94.3 Å². The van der Waals surface area contributed by atoms with Crippen LogP contribution in [0.3, 0.4) is 0 Å². The molecule has 11 aromatic rings. The number of nitrogens with zero attached hydrogens (tertiary/aromatic N) is 2. The van der Waals surface area contributed by atoms with Crippen LogP contribution in [0.1, 0.15) is 47.6 Å². The molecule has 0 amide bonds. The fraction of sp³-hybridized carbons (Fsp3) is 0.123. The molecule has 0 aliphatic heterocycles. The lowest BCUT2D eigenvalue weighted by atomic mass is 9.95. The molecule has 0 fully saturated rings. The van der Waals surface area contributed by atoms with E-state index in [1.165, 1.54) is 33.0 Å². The highest BCUT2D eigenvalue weighted by Crippen LogP contribution is 2.46. The molecule has 0 bridgehead atoms. The molecule has 0 atom stereocenters. The number of aryl methyl sites for hydroxylation is 4. The SMILES string of the molecule is Cc1cccc(N(c2ccc3cc4c(cc3c2)oc2c(C(C)C)c3oc5cc6cc(N(c7cccc(C)c7)c7ccccc7C)ccc6cc5c3cc24)c2ccccc2C)c1. The van der Waals surface area contributed by atoms with Crippen LogP contribution >= 0.6 is 0 Å². The van der Waals surface area contributed by atoms with Crippen molar-refractivity contribution in [3.8, 4) is 0 Å². The second-order valence-corrected chi connectivity index (χ2v) is 17.1. The van der Waals surface area contributed by atoms with Crippen molar-refractivity contribution in [3.63, 3.8) is 0 Å². The third kappa shape index (κ3) is 6.13. The summed E-state index contributed by atoms with van der Waals surface area (Å²) >= 11 is 0. The molecular formula is C57H46N2O2. The van der Waals surface area contributed by atoms with Gasteiger partial charge in [0.1, 0.15) is 22.3 Å². The molecule has 0 spiro atoms. The number of para-hydroxylation sites is 2. The molecule has 2 aromatic heterocycles. The van der Waals surface area contributed by atoms with Crippen LogP contribution in [0.2, 0.25) is 0 Å². The van der Waals surface area contributed by atoms with Gasteiger partial charge in [0.25, 0.3) is 0 Å². The third-order valence-corrected chi connectivity index (χ3v) is 12.4. The zero-order valence-corrected chi connectivity index (χ0v) is 35.4. The van der Waals surface area contributed by atoms with Gasteiger partial charge in [0.2, 0.25) is 0 Å². The molecule has 9 aromatic carbocycles. The van der Waals surface area contributed by atoms with Gasteiger partial charge in [-0.3, -0.25) is 0 Å². The second-order valence-electron chi connectivity index (χ2n) is 17.1. The first-order valence-electron chi connectivity index (χ1n) is 21.3. The number of fused-ring (bicyclic) bond motifs is 8. The summed E-state index contributed by atoms with van der Waals surface area (Å²) in [5, 5.41) is 9.05. The van der Waals surface area contributed by atoms with Crippen molar-refractivity contribution in [3.05, 3.63) is 192 Å². The number of hydrogen-bond acceptors (Lipinski definition) is 4. The molecule has 11 rings (SSSR count). The van der Waals surface area contributed by atoms with E-state index in [1.54, 1.807) is 0 Å². The van der Waals surface area contributed by atoms with E-state index in [1.807, 2.05) is 0 Å². The number of furan rings is 2. The minimum Gasteiger partial charge on any atom is -0.456 e. The summed E-state index contributed by atoms with van der Waals surface area (Å²) < 4.78 is 13.8. The Bertz CT molecular complexity index is 3300. The first-order chi connectivity index (χ1) is 29.7. The lowest BCUT2D eigenvalue weighted by Crippen LogP contribution is -2.11. The van der Waals surface area contributed by atoms with Crippen molar-refractivity contribution < 1.29 is 8.83 Å². The van der Waals surface area contributed by atoms with Gasteiger partial charge in [0.05, 0.1) is 0 Å². The van der Waals surface area contributed by atoms with E-state index in [-0.39, 0.29) is 5.92 Å². The highest BCUT2D eigenvalue weighted by Gasteiger charge is 2.24. The Labute approximate surface area is 355 Å². The second kappa shape index (κ2) is 14.2. The van der Waals surface area contributed by atoms with E-state index >= 15 is 0 Å². The van der Waals surface area contributed by atoms with Crippen LogP contribution in [0.25, 0.3) is 65.4 Å². The molecule has 2 heterocycles. The summed E-state index contributed by atoms with van der Waals surface area (Å²) in [4.78, 5) is 4.71. The zero-order chi connectivity index (χ0) is 41.5. The quantitative estimate of drug-likeness (QED) is 0.161. The van der Waals surface area contributed by atoms with Crippen LogP contribution in [0.5, 0.6) is 0 Å². The van der Waals surface area contributed by atoms with E-state index < -0.39 is 0 Å². The van der Waals surface area contributed by atoms with Crippen molar-refractivity contribution in [2.75, 3.05) is 9.80 Å². The van der Waals surface area contributed by atoms with Crippen molar-refractivity contribution in [1.82, 2.24) is 0 Å². The van der Waals surface area contributed by atoms with Crippen LogP contribution in [-0.2, 0) is 0 Å². The number of rotatable bonds is 7. The average molecular weight is 791 g/mol. The molecule has 0 saturated heterocycles. The fourth-order valence-electron chi connectivity index (χ4n) is 9.45. The largest absolute Gasteiger partial charge is 0.456 e. The maximum Gasteiger partial charge on any atom is 0.142 e. The Hall–Kier alpha value is -7.30. The topological polar surface area (TPSA) is 32.8 Å². The molecule has 4 heteroatoms. The molecule has 0 N–H and O–H groups in total. The minimum atomic E-state index is 0.170. The smallest absolute Gasteiger partial charge is 0.142 e. The van der Waals surface area contributed by atoms with Crippen LogP contribution < -0.4 is 9.80 Å². The standard InChI is InChI=1S/C57H46N2O2/c1-34(2)55-56-49(47-29-39-21-23-45(27-41(39)31-53(47)60-56)58(43-17-11-13-35(3)25-43)51-19-9-7-15-37(51)5)33-50-48-30-40-22-24-46(28-42(40)32-54(48)61-57(50)55)59(44-18-12-14-36(4)26-44)52-20-10-8-16-38(52)6/h7-34H,1-6H3. The summed E-state index contributed by atoms with van der Waals surface area (Å²) in [5.41, 5.74) is 16.3. The lowest BCUT2D eigenvalue weighted by Gasteiger charge is -2.27.